The second-order valence-corrected chi connectivity index (χ2v) is 4.08. The summed E-state index contributed by atoms with van der Waals surface area (Å²) in [6.07, 6.45) is 4.08. The number of nitrogens with zero attached hydrogens (tertiary/aromatic N) is 1. The summed E-state index contributed by atoms with van der Waals surface area (Å²) in [5.41, 5.74) is 7.08. The predicted molar refractivity (Wildman–Crippen MR) is 68.2 cm³/mol. The summed E-state index contributed by atoms with van der Waals surface area (Å²) in [6.45, 7) is 2.27. The van der Waals surface area contributed by atoms with Crippen LogP contribution in [0.15, 0.2) is 36.7 Å². The van der Waals surface area contributed by atoms with Crippen LogP contribution < -0.4 is 10.5 Å². The van der Waals surface area contributed by atoms with Gasteiger partial charge < -0.3 is 10.5 Å². The first-order valence-corrected chi connectivity index (χ1v) is 5.77. The van der Waals surface area contributed by atoms with E-state index in [9.17, 15) is 4.39 Å². The molecule has 1 aromatic carbocycles. The fourth-order valence-corrected chi connectivity index (χ4v) is 1.60. The monoisotopic (exact) mass is 246 g/mol. The minimum Gasteiger partial charge on any atom is -0.456 e. The van der Waals surface area contributed by atoms with E-state index >= 15 is 0 Å². The second-order valence-electron chi connectivity index (χ2n) is 4.08. The Balaban J connectivity index is 2.17. The Hall–Kier alpha value is -1.94. The first-order valence-electron chi connectivity index (χ1n) is 5.77. The SMILES string of the molecule is Cc1ccc(Oc2cncc(CCN)c2)cc1F. The molecule has 2 N–H and O–H groups in total. The van der Waals surface area contributed by atoms with Crippen LogP contribution in [0.4, 0.5) is 4.39 Å². The van der Waals surface area contributed by atoms with Gasteiger partial charge in [0.2, 0.25) is 0 Å². The molecule has 0 radical (unpaired) electrons. The van der Waals surface area contributed by atoms with Crippen molar-refractivity contribution < 1.29 is 9.13 Å². The van der Waals surface area contributed by atoms with E-state index < -0.39 is 0 Å². The highest BCUT2D eigenvalue weighted by Gasteiger charge is 2.03. The zero-order valence-corrected chi connectivity index (χ0v) is 10.2. The summed E-state index contributed by atoms with van der Waals surface area (Å²) < 4.78 is 18.9. The van der Waals surface area contributed by atoms with Crippen molar-refractivity contribution in [2.45, 2.75) is 13.3 Å². The van der Waals surface area contributed by atoms with Crippen molar-refractivity contribution in [1.29, 1.82) is 0 Å². The molecule has 4 heteroatoms. The van der Waals surface area contributed by atoms with E-state index in [-0.39, 0.29) is 5.82 Å². The van der Waals surface area contributed by atoms with Gasteiger partial charge in [-0.1, -0.05) is 6.07 Å². The highest BCUT2D eigenvalue weighted by molar-refractivity contribution is 5.33. The Morgan fingerprint density at radius 1 is 1.22 bits per heavy atom. The van der Waals surface area contributed by atoms with Crippen LogP contribution in [0.1, 0.15) is 11.1 Å². The van der Waals surface area contributed by atoms with E-state index in [1.54, 1.807) is 31.5 Å². The highest BCUT2D eigenvalue weighted by atomic mass is 19.1. The van der Waals surface area contributed by atoms with Crippen molar-refractivity contribution in [2.24, 2.45) is 5.73 Å². The minimum atomic E-state index is -0.279. The first-order chi connectivity index (χ1) is 8.69. The summed E-state index contributed by atoms with van der Waals surface area (Å²) in [5.74, 6) is 0.771. The van der Waals surface area contributed by atoms with Crippen LogP contribution in [0.25, 0.3) is 0 Å². The van der Waals surface area contributed by atoms with E-state index in [0.717, 1.165) is 12.0 Å². The zero-order valence-electron chi connectivity index (χ0n) is 10.2. The number of halogens is 1. The number of nitrogens with two attached hydrogens (primary N) is 1. The molecular weight excluding hydrogens is 231 g/mol. The Morgan fingerprint density at radius 2 is 2.06 bits per heavy atom. The molecule has 0 aliphatic rings. The molecule has 94 valence electrons. The van der Waals surface area contributed by atoms with Crippen LogP contribution in [0.2, 0.25) is 0 Å². The van der Waals surface area contributed by atoms with Crippen molar-refractivity contribution in [3.8, 4) is 11.5 Å². The van der Waals surface area contributed by atoms with Crippen LogP contribution in [0.3, 0.4) is 0 Å². The Labute approximate surface area is 105 Å². The number of hydrogen-bond acceptors (Lipinski definition) is 3. The van der Waals surface area contributed by atoms with Gasteiger partial charge in [-0.25, -0.2) is 4.39 Å². The maximum atomic E-state index is 13.4. The van der Waals surface area contributed by atoms with Gasteiger partial charge in [-0.2, -0.15) is 0 Å². The normalized spacial score (nSPS) is 10.4. The van der Waals surface area contributed by atoms with Gasteiger partial charge >= 0.3 is 0 Å². The molecule has 1 aromatic heterocycles. The van der Waals surface area contributed by atoms with Crippen molar-refractivity contribution in [1.82, 2.24) is 4.98 Å². The van der Waals surface area contributed by atoms with Gasteiger partial charge in [0.05, 0.1) is 6.20 Å². The van der Waals surface area contributed by atoms with E-state index in [0.29, 0.717) is 23.6 Å². The smallest absolute Gasteiger partial charge is 0.145 e. The summed E-state index contributed by atoms with van der Waals surface area (Å²) in [5, 5.41) is 0. The molecule has 0 atom stereocenters. The fraction of sp³-hybridized carbons (Fsp3) is 0.214. The topological polar surface area (TPSA) is 48.1 Å². The molecule has 0 amide bonds. The molecular formula is C14H15FN2O. The van der Waals surface area contributed by atoms with Gasteiger partial charge in [-0.15, -0.1) is 0 Å². The van der Waals surface area contributed by atoms with Crippen molar-refractivity contribution in [3.05, 3.63) is 53.6 Å². The molecule has 0 saturated heterocycles. The van der Waals surface area contributed by atoms with Crippen molar-refractivity contribution >= 4 is 0 Å². The van der Waals surface area contributed by atoms with Crippen LogP contribution in [0.5, 0.6) is 11.5 Å². The van der Waals surface area contributed by atoms with Crippen LogP contribution in [-0.4, -0.2) is 11.5 Å². The summed E-state index contributed by atoms with van der Waals surface area (Å²) in [4.78, 5) is 4.07. The number of aromatic nitrogens is 1. The molecule has 0 saturated carbocycles. The van der Waals surface area contributed by atoms with Crippen molar-refractivity contribution in [2.75, 3.05) is 6.54 Å². The van der Waals surface area contributed by atoms with Gasteiger partial charge in [0.1, 0.15) is 17.3 Å². The third-order valence-electron chi connectivity index (χ3n) is 2.58. The molecule has 0 aliphatic heterocycles. The van der Waals surface area contributed by atoms with E-state index in [2.05, 4.69) is 4.98 Å². The summed E-state index contributed by atoms with van der Waals surface area (Å²) in [6, 6.07) is 6.64. The Morgan fingerprint density at radius 3 is 2.78 bits per heavy atom. The number of ether oxygens (including phenoxy) is 1. The molecule has 2 rings (SSSR count). The lowest BCUT2D eigenvalue weighted by molar-refractivity contribution is 0.473. The molecule has 18 heavy (non-hydrogen) atoms. The quantitative estimate of drug-likeness (QED) is 0.902. The van der Waals surface area contributed by atoms with E-state index in [1.807, 2.05) is 6.07 Å². The number of aryl methyl sites for hydroxylation is 1. The molecule has 2 aromatic rings. The maximum absolute atomic E-state index is 13.4. The van der Waals surface area contributed by atoms with Crippen LogP contribution in [-0.2, 0) is 6.42 Å². The average Bonchev–Trinajstić information content (AvgIpc) is 2.35. The van der Waals surface area contributed by atoms with E-state index in [4.69, 9.17) is 10.5 Å². The number of rotatable bonds is 4. The van der Waals surface area contributed by atoms with E-state index in [1.165, 1.54) is 6.07 Å². The van der Waals surface area contributed by atoms with Crippen molar-refractivity contribution in [3.63, 3.8) is 0 Å². The minimum absolute atomic E-state index is 0.279. The first kappa shape index (κ1) is 12.5. The lowest BCUT2D eigenvalue weighted by Gasteiger charge is -2.07. The van der Waals surface area contributed by atoms with Gasteiger partial charge in [0.25, 0.3) is 0 Å². The second kappa shape index (κ2) is 5.60. The standard InChI is InChI=1S/C14H15FN2O/c1-10-2-3-12(7-14(10)15)18-13-6-11(4-5-16)8-17-9-13/h2-3,6-9H,4-5,16H2,1H3. The number of pyridine rings is 1. The Bertz CT molecular complexity index is 543. The fourth-order valence-electron chi connectivity index (χ4n) is 1.60. The predicted octanol–water partition coefficient (Wildman–Crippen LogP) is 2.82. The number of benzene rings is 1. The lowest BCUT2D eigenvalue weighted by Crippen LogP contribution is -2.03. The molecule has 0 unspecified atom stereocenters. The summed E-state index contributed by atoms with van der Waals surface area (Å²) in [7, 11) is 0. The third-order valence-corrected chi connectivity index (χ3v) is 2.58. The molecule has 3 nitrogen and oxygen atoms in total. The molecule has 0 bridgehead atoms. The van der Waals surface area contributed by atoms with Gasteiger partial charge in [0.15, 0.2) is 0 Å². The molecule has 0 spiro atoms. The summed E-state index contributed by atoms with van der Waals surface area (Å²) >= 11 is 0. The highest BCUT2D eigenvalue weighted by Crippen LogP contribution is 2.23. The van der Waals surface area contributed by atoms with Gasteiger partial charge in [-0.05, 0) is 43.1 Å². The maximum Gasteiger partial charge on any atom is 0.145 e. The zero-order chi connectivity index (χ0) is 13.0. The van der Waals surface area contributed by atoms with Gasteiger partial charge in [0, 0.05) is 12.3 Å². The molecule has 1 heterocycles. The van der Waals surface area contributed by atoms with Crippen LogP contribution >= 0.6 is 0 Å². The molecule has 0 aliphatic carbocycles. The largest absolute Gasteiger partial charge is 0.456 e. The van der Waals surface area contributed by atoms with Crippen LogP contribution in [0, 0.1) is 12.7 Å². The van der Waals surface area contributed by atoms with Gasteiger partial charge in [-0.3, -0.25) is 4.98 Å². The Kier molecular flexibility index (Phi) is 3.89. The lowest BCUT2D eigenvalue weighted by atomic mass is 10.2. The molecule has 0 fully saturated rings. The average molecular weight is 246 g/mol. The number of hydrogen-bond donors (Lipinski definition) is 1. The third kappa shape index (κ3) is 3.05.